The first-order chi connectivity index (χ1) is 12.3. The maximum Gasteiger partial charge on any atom is 0.244 e. The minimum Gasteiger partial charge on any atom is -0.474 e. The molecule has 0 bridgehead atoms. The predicted octanol–water partition coefficient (Wildman–Crippen LogP) is 2.75. The van der Waals surface area contributed by atoms with Crippen LogP contribution in [0.1, 0.15) is 37.1 Å². The van der Waals surface area contributed by atoms with E-state index in [1.807, 2.05) is 0 Å². The molecule has 1 fully saturated rings. The summed E-state index contributed by atoms with van der Waals surface area (Å²) in [6.45, 7) is 3.48. The minimum atomic E-state index is -3.58. The van der Waals surface area contributed by atoms with Crippen LogP contribution in [-0.4, -0.2) is 35.3 Å². The van der Waals surface area contributed by atoms with Crippen molar-refractivity contribution in [1.29, 1.82) is 0 Å². The van der Waals surface area contributed by atoms with Crippen molar-refractivity contribution in [2.24, 2.45) is 7.05 Å². The molecular formula is C17H23ClN4O3S. The lowest BCUT2D eigenvalue weighted by Gasteiger charge is -2.29. The minimum absolute atomic E-state index is 0.0336. The van der Waals surface area contributed by atoms with Gasteiger partial charge in [0.2, 0.25) is 15.9 Å². The molecule has 0 atom stereocenters. The van der Waals surface area contributed by atoms with Crippen LogP contribution in [0.5, 0.6) is 5.88 Å². The van der Waals surface area contributed by atoms with Crippen molar-refractivity contribution in [3.8, 4) is 5.88 Å². The Hall–Kier alpha value is -1.64. The van der Waals surface area contributed by atoms with Gasteiger partial charge in [-0.15, -0.1) is 0 Å². The van der Waals surface area contributed by atoms with Crippen molar-refractivity contribution in [1.82, 2.24) is 19.5 Å². The number of pyridine rings is 1. The Morgan fingerprint density at radius 2 is 1.92 bits per heavy atom. The molecule has 1 aliphatic rings. The van der Waals surface area contributed by atoms with Crippen LogP contribution in [0, 0.1) is 13.8 Å². The van der Waals surface area contributed by atoms with E-state index in [9.17, 15) is 8.42 Å². The third-order valence-corrected chi connectivity index (χ3v) is 6.69. The lowest BCUT2D eigenvalue weighted by molar-refractivity contribution is 0.138. The molecule has 0 unspecified atom stereocenters. The fourth-order valence-electron chi connectivity index (χ4n) is 3.32. The number of rotatable bonds is 5. The SMILES string of the molecule is Cc1nn(C)c(C)c1S(=O)(=O)NC1CCC(Oc2ccc(Cl)cn2)CC1. The monoisotopic (exact) mass is 398 g/mol. The van der Waals surface area contributed by atoms with Gasteiger partial charge in [0.25, 0.3) is 0 Å². The first-order valence-electron chi connectivity index (χ1n) is 8.57. The van der Waals surface area contributed by atoms with Gasteiger partial charge in [0.15, 0.2) is 0 Å². The van der Waals surface area contributed by atoms with E-state index < -0.39 is 10.0 Å². The normalized spacial score (nSPS) is 20.9. The number of hydrogen-bond acceptors (Lipinski definition) is 5. The van der Waals surface area contributed by atoms with Gasteiger partial charge in [-0.1, -0.05) is 11.6 Å². The first kappa shape index (κ1) is 19.1. The molecule has 0 radical (unpaired) electrons. The summed E-state index contributed by atoms with van der Waals surface area (Å²) in [5.74, 6) is 0.542. The highest BCUT2D eigenvalue weighted by Crippen LogP contribution is 2.26. The molecule has 0 aliphatic heterocycles. The predicted molar refractivity (Wildman–Crippen MR) is 98.9 cm³/mol. The highest BCUT2D eigenvalue weighted by molar-refractivity contribution is 7.89. The van der Waals surface area contributed by atoms with Crippen LogP contribution in [0.2, 0.25) is 5.02 Å². The fourth-order valence-corrected chi connectivity index (χ4v) is 5.18. The molecule has 26 heavy (non-hydrogen) atoms. The highest BCUT2D eigenvalue weighted by Gasteiger charge is 2.30. The van der Waals surface area contributed by atoms with Gasteiger partial charge in [-0.3, -0.25) is 4.68 Å². The average Bonchev–Trinajstić information content (AvgIpc) is 2.84. The molecule has 7 nitrogen and oxygen atoms in total. The Balaban J connectivity index is 1.59. The topological polar surface area (TPSA) is 86.1 Å². The molecule has 142 valence electrons. The largest absolute Gasteiger partial charge is 0.474 e. The molecule has 3 rings (SSSR count). The zero-order chi connectivity index (χ0) is 18.9. The van der Waals surface area contributed by atoms with Crippen molar-refractivity contribution in [3.63, 3.8) is 0 Å². The molecule has 9 heteroatoms. The van der Waals surface area contributed by atoms with E-state index in [2.05, 4.69) is 14.8 Å². The molecule has 0 saturated heterocycles. The second-order valence-corrected chi connectivity index (χ2v) is 8.74. The number of hydrogen-bond donors (Lipinski definition) is 1. The summed E-state index contributed by atoms with van der Waals surface area (Å²) in [4.78, 5) is 4.42. The third-order valence-electron chi connectivity index (χ3n) is 4.70. The van der Waals surface area contributed by atoms with Gasteiger partial charge >= 0.3 is 0 Å². The maximum absolute atomic E-state index is 12.7. The smallest absolute Gasteiger partial charge is 0.244 e. The van der Waals surface area contributed by atoms with Crippen molar-refractivity contribution >= 4 is 21.6 Å². The van der Waals surface area contributed by atoms with Crippen molar-refractivity contribution in [2.45, 2.75) is 56.6 Å². The van der Waals surface area contributed by atoms with E-state index >= 15 is 0 Å². The molecule has 1 saturated carbocycles. The second-order valence-electron chi connectivity index (χ2n) is 6.65. The summed E-state index contributed by atoms with van der Waals surface area (Å²) in [7, 11) is -1.84. The molecule has 2 aromatic rings. The average molecular weight is 399 g/mol. The first-order valence-corrected chi connectivity index (χ1v) is 10.4. The zero-order valence-electron chi connectivity index (χ0n) is 15.1. The maximum atomic E-state index is 12.7. The van der Waals surface area contributed by atoms with Gasteiger partial charge < -0.3 is 4.74 Å². The van der Waals surface area contributed by atoms with Gasteiger partial charge in [0, 0.05) is 25.4 Å². The summed E-state index contributed by atoms with van der Waals surface area (Å²) in [6.07, 6.45) is 4.55. The fraction of sp³-hybridized carbons (Fsp3) is 0.529. The summed E-state index contributed by atoms with van der Waals surface area (Å²) < 4.78 is 35.8. The van der Waals surface area contributed by atoms with E-state index in [1.165, 1.54) is 0 Å². The van der Waals surface area contributed by atoms with Gasteiger partial charge in [-0.2, -0.15) is 5.10 Å². The van der Waals surface area contributed by atoms with E-state index in [0.717, 1.165) is 25.7 Å². The Bertz CT molecular complexity index is 872. The van der Waals surface area contributed by atoms with E-state index in [-0.39, 0.29) is 17.0 Å². The van der Waals surface area contributed by atoms with Gasteiger partial charge in [0.1, 0.15) is 11.0 Å². The number of aromatic nitrogens is 3. The van der Waals surface area contributed by atoms with Crippen molar-refractivity contribution < 1.29 is 13.2 Å². The molecule has 2 aromatic heterocycles. The quantitative estimate of drug-likeness (QED) is 0.836. The van der Waals surface area contributed by atoms with Crippen LogP contribution in [0.25, 0.3) is 0 Å². The number of nitrogens with one attached hydrogen (secondary N) is 1. The molecule has 2 heterocycles. The standard InChI is InChI=1S/C17H23ClN4O3S/c1-11-17(12(2)22(3)20-11)26(23,24)21-14-5-7-15(8-6-14)25-16-9-4-13(18)10-19-16/h4,9-10,14-15,21H,5-8H2,1-3H3. The van der Waals surface area contributed by atoms with Crippen LogP contribution in [0.3, 0.4) is 0 Å². The number of nitrogens with zero attached hydrogens (tertiary/aromatic N) is 3. The van der Waals surface area contributed by atoms with Crippen LogP contribution in [0.4, 0.5) is 0 Å². The number of aryl methyl sites for hydroxylation is 2. The van der Waals surface area contributed by atoms with E-state index in [1.54, 1.807) is 43.9 Å². The molecule has 0 amide bonds. The Morgan fingerprint density at radius 1 is 1.23 bits per heavy atom. The Labute approximate surface area is 158 Å². The third kappa shape index (κ3) is 4.19. The van der Waals surface area contributed by atoms with Crippen molar-refractivity contribution in [3.05, 3.63) is 34.7 Å². The highest BCUT2D eigenvalue weighted by atomic mass is 35.5. The Morgan fingerprint density at radius 3 is 2.46 bits per heavy atom. The summed E-state index contributed by atoms with van der Waals surface area (Å²) >= 11 is 5.82. The van der Waals surface area contributed by atoms with Gasteiger partial charge in [-0.05, 0) is 45.6 Å². The molecule has 0 aromatic carbocycles. The van der Waals surface area contributed by atoms with Gasteiger partial charge in [0.05, 0.1) is 16.4 Å². The second kappa shape index (κ2) is 7.54. The van der Waals surface area contributed by atoms with E-state index in [0.29, 0.717) is 22.3 Å². The summed E-state index contributed by atoms with van der Waals surface area (Å²) in [6, 6.07) is 3.38. The molecule has 0 spiro atoms. The zero-order valence-corrected chi connectivity index (χ0v) is 16.6. The summed E-state index contributed by atoms with van der Waals surface area (Å²) in [5, 5.41) is 4.76. The van der Waals surface area contributed by atoms with Crippen molar-refractivity contribution in [2.75, 3.05) is 0 Å². The van der Waals surface area contributed by atoms with Crippen LogP contribution >= 0.6 is 11.6 Å². The van der Waals surface area contributed by atoms with Crippen LogP contribution in [-0.2, 0) is 17.1 Å². The number of sulfonamides is 1. The Kier molecular flexibility index (Phi) is 5.55. The molecule has 1 aliphatic carbocycles. The van der Waals surface area contributed by atoms with Gasteiger partial charge in [-0.25, -0.2) is 18.1 Å². The van der Waals surface area contributed by atoms with Crippen LogP contribution < -0.4 is 9.46 Å². The molecule has 1 N–H and O–H groups in total. The number of halogens is 1. The number of ether oxygens (including phenoxy) is 1. The molecular weight excluding hydrogens is 376 g/mol. The van der Waals surface area contributed by atoms with Crippen LogP contribution in [0.15, 0.2) is 23.2 Å². The lowest BCUT2D eigenvalue weighted by Crippen LogP contribution is -2.40. The summed E-state index contributed by atoms with van der Waals surface area (Å²) in [5.41, 5.74) is 1.16. The lowest BCUT2D eigenvalue weighted by atomic mass is 9.94. The van der Waals surface area contributed by atoms with E-state index in [4.69, 9.17) is 16.3 Å².